The van der Waals surface area contributed by atoms with E-state index in [1.54, 1.807) is 0 Å². The van der Waals surface area contributed by atoms with Crippen LogP contribution in [0.15, 0.2) is 18.2 Å². The average molecular weight is 262 g/mol. The summed E-state index contributed by atoms with van der Waals surface area (Å²) in [5.41, 5.74) is 2.64. The van der Waals surface area contributed by atoms with Gasteiger partial charge in [0.2, 0.25) is 0 Å². The van der Waals surface area contributed by atoms with Crippen molar-refractivity contribution in [2.75, 3.05) is 50.9 Å². The number of rotatable bonds is 5. The highest BCUT2D eigenvalue weighted by Gasteiger charge is 2.16. The van der Waals surface area contributed by atoms with E-state index in [4.69, 9.17) is 0 Å². The van der Waals surface area contributed by atoms with Crippen molar-refractivity contribution in [1.82, 2.24) is 10.2 Å². The fraction of sp³-hybridized carbons (Fsp3) is 0.500. The Balaban J connectivity index is 1.95. The SMILES string of the molecule is CN(C)CCCNC(=O)c1cccc2c1NCCN2. The van der Waals surface area contributed by atoms with Crippen LogP contribution < -0.4 is 16.0 Å². The molecule has 1 heterocycles. The summed E-state index contributed by atoms with van der Waals surface area (Å²) in [7, 11) is 4.07. The van der Waals surface area contributed by atoms with E-state index in [0.717, 1.165) is 43.0 Å². The molecule has 0 fully saturated rings. The molecule has 3 N–H and O–H groups in total. The molecule has 0 bridgehead atoms. The van der Waals surface area contributed by atoms with E-state index in [0.29, 0.717) is 6.54 Å². The number of para-hydroxylation sites is 1. The summed E-state index contributed by atoms with van der Waals surface area (Å²) < 4.78 is 0. The zero-order chi connectivity index (χ0) is 13.7. The van der Waals surface area contributed by atoms with E-state index in [1.165, 1.54) is 0 Å². The minimum Gasteiger partial charge on any atom is -0.382 e. The molecule has 19 heavy (non-hydrogen) atoms. The van der Waals surface area contributed by atoms with Crippen molar-refractivity contribution < 1.29 is 4.79 Å². The number of nitrogens with zero attached hydrogens (tertiary/aromatic N) is 1. The highest BCUT2D eigenvalue weighted by molar-refractivity contribution is 6.02. The first-order chi connectivity index (χ1) is 9.18. The van der Waals surface area contributed by atoms with E-state index < -0.39 is 0 Å². The molecular weight excluding hydrogens is 240 g/mol. The standard InChI is InChI=1S/C14H22N4O/c1-18(2)10-4-7-17-14(19)11-5-3-6-12-13(11)16-9-8-15-12/h3,5-6,15-16H,4,7-10H2,1-2H3,(H,17,19). The lowest BCUT2D eigenvalue weighted by atomic mass is 10.1. The van der Waals surface area contributed by atoms with Crippen molar-refractivity contribution in [3.8, 4) is 0 Å². The third-order valence-corrected chi connectivity index (χ3v) is 3.12. The summed E-state index contributed by atoms with van der Waals surface area (Å²) >= 11 is 0. The molecule has 0 spiro atoms. The largest absolute Gasteiger partial charge is 0.382 e. The number of nitrogens with one attached hydrogen (secondary N) is 3. The van der Waals surface area contributed by atoms with Gasteiger partial charge in [-0.2, -0.15) is 0 Å². The molecule has 5 heteroatoms. The molecule has 104 valence electrons. The number of hydrogen-bond donors (Lipinski definition) is 3. The summed E-state index contributed by atoms with van der Waals surface area (Å²) in [5, 5.41) is 9.55. The van der Waals surface area contributed by atoms with Gasteiger partial charge in [-0.3, -0.25) is 4.79 Å². The van der Waals surface area contributed by atoms with E-state index in [1.807, 2.05) is 32.3 Å². The van der Waals surface area contributed by atoms with Crippen molar-refractivity contribution in [1.29, 1.82) is 0 Å². The third-order valence-electron chi connectivity index (χ3n) is 3.12. The van der Waals surface area contributed by atoms with Gasteiger partial charge in [-0.05, 0) is 39.2 Å². The minimum absolute atomic E-state index is 0.00759. The molecule has 0 atom stereocenters. The average Bonchev–Trinajstić information content (AvgIpc) is 2.42. The van der Waals surface area contributed by atoms with Crippen LogP contribution in [0.3, 0.4) is 0 Å². The molecule has 5 nitrogen and oxygen atoms in total. The molecule has 1 aromatic carbocycles. The van der Waals surface area contributed by atoms with Crippen molar-refractivity contribution in [3.63, 3.8) is 0 Å². The zero-order valence-electron chi connectivity index (χ0n) is 11.6. The van der Waals surface area contributed by atoms with E-state index in [-0.39, 0.29) is 5.91 Å². The van der Waals surface area contributed by atoms with Crippen molar-refractivity contribution >= 4 is 17.3 Å². The van der Waals surface area contributed by atoms with Gasteiger partial charge in [0.15, 0.2) is 0 Å². The first-order valence-corrected chi connectivity index (χ1v) is 6.72. The van der Waals surface area contributed by atoms with Crippen LogP contribution in [0.4, 0.5) is 11.4 Å². The Morgan fingerprint density at radius 1 is 1.32 bits per heavy atom. The van der Waals surface area contributed by atoms with Crippen molar-refractivity contribution in [2.45, 2.75) is 6.42 Å². The Labute approximate surface area is 114 Å². The lowest BCUT2D eigenvalue weighted by molar-refractivity contribution is 0.0953. The zero-order valence-corrected chi connectivity index (χ0v) is 11.6. The quantitative estimate of drug-likeness (QED) is 0.698. The van der Waals surface area contributed by atoms with E-state index in [9.17, 15) is 4.79 Å². The normalized spacial score (nSPS) is 13.4. The Morgan fingerprint density at radius 2 is 2.11 bits per heavy atom. The van der Waals surface area contributed by atoms with Crippen molar-refractivity contribution in [3.05, 3.63) is 23.8 Å². The predicted octanol–water partition coefficient (Wildman–Crippen LogP) is 1.21. The highest BCUT2D eigenvalue weighted by atomic mass is 16.1. The molecule has 1 aliphatic heterocycles. The lowest BCUT2D eigenvalue weighted by Crippen LogP contribution is -2.29. The Bertz CT molecular complexity index is 445. The number of hydrogen-bond acceptors (Lipinski definition) is 4. The molecule has 0 saturated carbocycles. The predicted molar refractivity (Wildman–Crippen MR) is 78.9 cm³/mol. The van der Waals surface area contributed by atoms with Gasteiger partial charge in [-0.15, -0.1) is 0 Å². The molecule has 0 saturated heterocycles. The Kier molecular flexibility index (Phi) is 4.63. The van der Waals surface area contributed by atoms with Crippen LogP contribution in [0.25, 0.3) is 0 Å². The second-order valence-electron chi connectivity index (χ2n) is 4.99. The second kappa shape index (κ2) is 6.43. The Hall–Kier alpha value is -1.75. The molecule has 1 aliphatic rings. The molecule has 0 radical (unpaired) electrons. The fourth-order valence-corrected chi connectivity index (χ4v) is 2.16. The first-order valence-electron chi connectivity index (χ1n) is 6.72. The maximum absolute atomic E-state index is 12.2. The first kappa shape index (κ1) is 13.7. The van der Waals surface area contributed by atoms with E-state index >= 15 is 0 Å². The summed E-state index contributed by atoms with van der Waals surface area (Å²) in [4.78, 5) is 14.3. The molecule has 1 amide bonds. The van der Waals surface area contributed by atoms with Gasteiger partial charge < -0.3 is 20.9 Å². The van der Waals surface area contributed by atoms with Crippen LogP contribution in [0.2, 0.25) is 0 Å². The number of fused-ring (bicyclic) bond motifs is 1. The van der Waals surface area contributed by atoms with E-state index in [2.05, 4.69) is 20.9 Å². The molecule has 0 aromatic heterocycles. The van der Waals surface area contributed by atoms with Gasteiger partial charge in [0.05, 0.1) is 16.9 Å². The van der Waals surface area contributed by atoms with Crippen LogP contribution in [0.1, 0.15) is 16.8 Å². The minimum atomic E-state index is -0.00759. The monoisotopic (exact) mass is 262 g/mol. The van der Waals surface area contributed by atoms with Crippen LogP contribution >= 0.6 is 0 Å². The summed E-state index contributed by atoms with van der Waals surface area (Å²) in [5.74, 6) is -0.00759. The van der Waals surface area contributed by atoms with Gasteiger partial charge >= 0.3 is 0 Å². The highest BCUT2D eigenvalue weighted by Crippen LogP contribution is 2.28. The number of carbonyl (C=O) groups is 1. The maximum Gasteiger partial charge on any atom is 0.253 e. The second-order valence-corrected chi connectivity index (χ2v) is 4.99. The maximum atomic E-state index is 12.2. The van der Waals surface area contributed by atoms with Crippen LogP contribution in [-0.4, -0.2) is 51.1 Å². The summed E-state index contributed by atoms with van der Waals surface area (Å²) in [6.45, 7) is 3.42. The van der Waals surface area contributed by atoms with Crippen LogP contribution in [0, 0.1) is 0 Å². The number of anilines is 2. The molecular formula is C14H22N4O. The molecule has 1 aromatic rings. The van der Waals surface area contributed by atoms with Crippen LogP contribution in [-0.2, 0) is 0 Å². The number of carbonyl (C=O) groups excluding carboxylic acids is 1. The summed E-state index contributed by atoms with van der Waals surface area (Å²) in [6, 6.07) is 5.76. The summed E-state index contributed by atoms with van der Waals surface area (Å²) in [6.07, 6.45) is 0.958. The van der Waals surface area contributed by atoms with Crippen LogP contribution in [0.5, 0.6) is 0 Å². The molecule has 0 unspecified atom stereocenters. The number of amides is 1. The van der Waals surface area contributed by atoms with Gasteiger partial charge in [0.1, 0.15) is 0 Å². The third kappa shape index (κ3) is 3.61. The molecule has 0 aliphatic carbocycles. The van der Waals surface area contributed by atoms with Gasteiger partial charge in [0, 0.05) is 19.6 Å². The van der Waals surface area contributed by atoms with Gasteiger partial charge in [-0.25, -0.2) is 0 Å². The van der Waals surface area contributed by atoms with Gasteiger partial charge in [0.25, 0.3) is 5.91 Å². The Morgan fingerprint density at radius 3 is 2.89 bits per heavy atom. The fourth-order valence-electron chi connectivity index (χ4n) is 2.16. The smallest absolute Gasteiger partial charge is 0.253 e. The van der Waals surface area contributed by atoms with Gasteiger partial charge in [-0.1, -0.05) is 6.07 Å². The number of benzene rings is 1. The lowest BCUT2D eigenvalue weighted by Gasteiger charge is -2.22. The topological polar surface area (TPSA) is 56.4 Å². The van der Waals surface area contributed by atoms with Crippen molar-refractivity contribution in [2.24, 2.45) is 0 Å². The molecule has 2 rings (SSSR count).